The molecule has 0 spiro atoms. The van der Waals surface area contributed by atoms with E-state index in [9.17, 15) is 24.0 Å². The standard InChI is InChI=1S/C25H17NO7/c1-15(27)33-17-12-10-16(11-13-17)22(28)14-32-25(31)20-8-4-5-9-21(20)26-23(29)18-6-2-3-7-19(18)24(26)30/h2-13H,14H2,1H3. The summed E-state index contributed by atoms with van der Waals surface area (Å²) in [7, 11) is 0. The molecular formula is C25H17NO7. The highest BCUT2D eigenvalue weighted by Crippen LogP contribution is 2.31. The van der Waals surface area contributed by atoms with Gasteiger partial charge in [0.2, 0.25) is 0 Å². The van der Waals surface area contributed by atoms with Crippen molar-refractivity contribution >= 4 is 35.2 Å². The van der Waals surface area contributed by atoms with Crippen molar-refractivity contribution in [2.75, 3.05) is 11.5 Å². The fourth-order valence-electron chi connectivity index (χ4n) is 3.42. The van der Waals surface area contributed by atoms with E-state index < -0.39 is 36.1 Å². The number of rotatable bonds is 6. The molecule has 0 atom stereocenters. The molecule has 1 aliphatic rings. The third-order valence-electron chi connectivity index (χ3n) is 4.93. The number of esters is 2. The Kier molecular flexibility index (Phi) is 5.82. The predicted octanol–water partition coefficient (Wildman–Crippen LogP) is 3.45. The van der Waals surface area contributed by atoms with Gasteiger partial charge >= 0.3 is 11.9 Å². The van der Waals surface area contributed by atoms with Crippen LogP contribution in [0.5, 0.6) is 5.75 Å². The van der Waals surface area contributed by atoms with E-state index in [0.717, 1.165) is 4.90 Å². The highest BCUT2D eigenvalue weighted by atomic mass is 16.5. The number of imide groups is 1. The van der Waals surface area contributed by atoms with Gasteiger partial charge < -0.3 is 9.47 Å². The van der Waals surface area contributed by atoms with E-state index >= 15 is 0 Å². The highest BCUT2D eigenvalue weighted by molar-refractivity contribution is 6.35. The Balaban J connectivity index is 1.49. The second-order valence-corrected chi connectivity index (χ2v) is 7.13. The maximum Gasteiger partial charge on any atom is 0.340 e. The first kappa shape index (κ1) is 21.6. The van der Waals surface area contributed by atoms with Gasteiger partial charge in [-0.1, -0.05) is 24.3 Å². The number of nitrogens with zero attached hydrogens (tertiary/aromatic N) is 1. The number of ether oxygens (including phenoxy) is 2. The van der Waals surface area contributed by atoms with Crippen LogP contribution < -0.4 is 9.64 Å². The van der Waals surface area contributed by atoms with Gasteiger partial charge in [-0.25, -0.2) is 9.69 Å². The Bertz CT molecular complexity index is 1260. The molecule has 8 heteroatoms. The topological polar surface area (TPSA) is 107 Å². The van der Waals surface area contributed by atoms with Crippen molar-refractivity contribution < 1.29 is 33.4 Å². The average molecular weight is 443 g/mol. The number of amides is 2. The number of ketones is 1. The quantitative estimate of drug-likeness (QED) is 0.249. The molecule has 0 saturated carbocycles. The van der Waals surface area contributed by atoms with Crippen LogP contribution in [0, 0.1) is 0 Å². The van der Waals surface area contributed by atoms with Gasteiger partial charge in [0, 0.05) is 12.5 Å². The molecular weight excluding hydrogens is 426 g/mol. The first-order valence-electron chi connectivity index (χ1n) is 9.92. The zero-order valence-electron chi connectivity index (χ0n) is 17.4. The molecule has 4 rings (SSSR count). The first-order valence-corrected chi connectivity index (χ1v) is 9.92. The fraction of sp³-hybridized carbons (Fsp3) is 0.0800. The number of Topliss-reactive ketones (excluding diaryl/α,β-unsaturated/α-hetero) is 1. The van der Waals surface area contributed by atoms with Gasteiger partial charge in [-0.3, -0.25) is 19.2 Å². The third-order valence-corrected chi connectivity index (χ3v) is 4.93. The Morgan fingerprint density at radius 1 is 0.788 bits per heavy atom. The van der Waals surface area contributed by atoms with Crippen LogP contribution in [0.4, 0.5) is 5.69 Å². The van der Waals surface area contributed by atoms with Crippen molar-refractivity contribution in [2.45, 2.75) is 6.92 Å². The van der Waals surface area contributed by atoms with Crippen LogP contribution in [0.15, 0.2) is 72.8 Å². The zero-order valence-corrected chi connectivity index (χ0v) is 17.4. The first-order chi connectivity index (χ1) is 15.9. The molecule has 0 aromatic heterocycles. The summed E-state index contributed by atoms with van der Waals surface area (Å²) in [5.74, 6) is -2.62. The lowest BCUT2D eigenvalue weighted by Crippen LogP contribution is -2.31. The lowest BCUT2D eigenvalue weighted by molar-refractivity contribution is -0.131. The number of carbonyl (C=O) groups excluding carboxylic acids is 5. The molecule has 0 N–H and O–H groups in total. The molecule has 3 aromatic carbocycles. The minimum absolute atomic E-state index is 0.0231. The summed E-state index contributed by atoms with van der Waals surface area (Å²) in [4.78, 5) is 62.6. The van der Waals surface area contributed by atoms with Gasteiger partial charge in [-0.05, 0) is 48.5 Å². The summed E-state index contributed by atoms with van der Waals surface area (Å²) in [6, 6.07) is 18.2. The lowest BCUT2D eigenvalue weighted by Gasteiger charge is -2.17. The SMILES string of the molecule is CC(=O)Oc1ccc(C(=O)COC(=O)c2ccccc2N2C(=O)c3ccccc3C2=O)cc1. The lowest BCUT2D eigenvalue weighted by atomic mass is 10.1. The van der Waals surface area contributed by atoms with E-state index in [1.807, 2.05) is 0 Å². The molecule has 3 aromatic rings. The molecule has 0 unspecified atom stereocenters. The van der Waals surface area contributed by atoms with Crippen LogP contribution in [0.2, 0.25) is 0 Å². The van der Waals surface area contributed by atoms with Gasteiger partial charge in [-0.15, -0.1) is 0 Å². The molecule has 0 bridgehead atoms. The van der Waals surface area contributed by atoms with E-state index in [4.69, 9.17) is 9.47 Å². The number of anilines is 1. The smallest absolute Gasteiger partial charge is 0.340 e. The molecule has 2 amide bonds. The fourth-order valence-corrected chi connectivity index (χ4v) is 3.42. The Morgan fingerprint density at radius 3 is 1.97 bits per heavy atom. The summed E-state index contributed by atoms with van der Waals surface area (Å²) < 4.78 is 10.1. The summed E-state index contributed by atoms with van der Waals surface area (Å²) in [6.07, 6.45) is 0. The van der Waals surface area contributed by atoms with Crippen LogP contribution in [-0.4, -0.2) is 36.1 Å². The number of fused-ring (bicyclic) bond motifs is 1. The molecule has 0 saturated heterocycles. The van der Waals surface area contributed by atoms with Crippen molar-refractivity contribution in [1.29, 1.82) is 0 Å². The van der Waals surface area contributed by atoms with Crippen molar-refractivity contribution in [2.24, 2.45) is 0 Å². The Labute approximate surface area is 188 Å². The average Bonchev–Trinajstić information content (AvgIpc) is 3.07. The number of para-hydroxylation sites is 1. The predicted molar refractivity (Wildman–Crippen MR) is 116 cm³/mol. The maximum absolute atomic E-state index is 12.8. The second kappa shape index (κ2) is 8.88. The van der Waals surface area contributed by atoms with Gasteiger partial charge in [0.15, 0.2) is 12.4 Å². The molecule has 1 aliphatic heterocycles. The molecule has 164 valence electrons. The second-order valence-electron chi connectivity index (χ2n) is 7.13. The Morgan fingerprint density at radius 2 is 1.36 bits per heavy atom. The number of hydrogen-bond donors (Lipinski definition) is 0. The molecule has 0 radical (unpaired) electrons. The van der Waals surface area contributed by atoms with Gasteiger partial charge in [0.05, 0.1) is 22.4 Å². The van der Waals surface area contributed by atoms with Crippen LogP contribution in [-0.2, 0) is 9.53 Å². The van der Waals surface area contributed by atoms with Gasteiger partial charge in [0.1, 0.15) is 5.75 Å². The number of benzene rings is 3. The number of hydrogen-bond acceptors (Lipinski definition) is 7. The van der Waals surface area contributed by atoms with E-state index in [-0.39, 0.29) is 33.7 Å². The molecule has 1 heterocycles. The van der Waals surface area contributed by atoms with Crippen LogP contribution in [0.25, 0.3) is 0 Å². The minimum Gasteiger partial charge on any atom is -0.454 e. The van der Waals surface area contributed by atoms with Crippen molar-refractivity contribution in [3.8, 4) is 5.75 Å². The molecule has 0 aliphatic carbocycles. The van der Waals surface area contributed by atoms with E-state index in [1.165, 1.54) is 43.3 Å². The van der Waals surface area contributed by atoms with E-state index in [0.29, 0.717) is 0 Å². The van der Waals surface area contributed by atoms with Crippen molar-refractivity contribution in [3.63, 3.8) is 0 Å². The van der Waals surface area contributed by atoms with Crippen LogP contribution in [0.3, 0.4) is 0 Å². The molecule has 33 heavy (non-hydrogen) atoms. The van der Waals surface area contributed by atoms with Crippen molar-refractivity contribution in [3.05, 3.63) is 95.1 Å². The highest BCUT2D eigenvalue weighted by Gasteiger charge is 2.38. The molecule has 0 fully saturated rings. The van der Waals surface area contributed by atoms with Crippen LogP contribution >= 0.6 is 0 Å². The maximum atomic E-state index is 12.8. The van der Waals surface area contributed by atoms with E-state index in [2.05, 4.69) is 0 Å². The molecule has 8 nitrogen and oxygen atoms in total. The summed E-state index contributed by atoms with van der Waals surface area (Å²) >= 11 is 0. The minimum atomic E-state index is -0.855. The van der Waals surface area contributed by atoms with Gasteiger partial charge in [-0.2, -0.15) is 0 Å². The normalized spacial score (nSPS) is 12.3. The van der Waals surface area contributed by atoms with E-state index in [1.54, 1.807) is 36.4 Å². The third kappa shape index (κ3) is 4.27. The van der Waals surface area contributed by atoms with Gasteiger partial charge in [0.25, 0.3) is 11.8 Å². The summed E-state index contributed by atoms with van der Waals surface area (Å²) in [5.41, 5.74) is 0.806. The summed E-state index contributed by atoms with van der Waals surface area (Å²) in [5, 5.41) is 0. The zero-order chi connectivity index (χ0) is 23.5. The summed E-state index contributed by atoms with van der Waals surface area (Å²) in [6.45, 7) is 0.709. The largest absolute Gasteiger partial charge is 0.454 e. The van der Waals surface area contributed by atoms with Crippen molar-refractivity contribution in [1.82, 2.24) is 0 Å². The number of carbonyl (C=O) groups is 5. The monoisotopic (exact) mass is 443 g/mol. The van der Waals surface area contributed by atoms with Crippen LogP contribution in [0.1, 0.15) is 48.4 Å². The Hall–Kier alpha value is -4.59.